The highest BCUT2D eigenvalue weighted by molar-refractivity contribution is 7.19. The van der Waals surface area contributed by atoms with Gasteiger partial charge in [-0.05, 0) is 35.7 Å². The lowest BCUT2D eigenvalue weighted by Gasteiger charge is -2.11. The quantitative estimate of drug-likeness (QED) is 0.652. The second-order valence-corrected chi connectivity index (χ2v) is 6.04. The second kappa shape index (κ2) is 5.33. The molecular weight excluding hydrogens is 321 g/mol. The molecule has 1 nitrogen and oxygen atoms in total. The van der Waals surface area contributed by atoms with E-state index < -0.39 is 17.7 Å². The van der Waals surface area contributed by atoms with Crippen molar-refractivity contribution >= 4 is 33.0 Å². The van der Waals surface area contributed by atoms with Crippen molar-refractivity contribution in [1.29, 1.82) is 0 Å². The molecule has 0 saturated carbocycles. The normalized spacial score (nSPS) is 12.8. The van der Waals surface area contributed by atoms with Gasteiger partial charge in [0, 0.05) is 20.2 Å². The molecule has 2 aromatic carbocycles. The largest absolute Gasteiger partial charge is 0.383 e. The summed E-state index contributed by atoms with van der Waals surface area (Å²) in [5.41, 5.74) is 0.0718. The van der Waals surface area contributed by atoms with Gasteiger partial charge >= 0.3 is 0 Å². The summed E-state index contributed by atoms with van der Waals surface area (Å²) < 4.78 is 40.2. The van der Waals surface area contributed by atoms with Crippen molar-refractivity contribution in [3.8, 4) is 0 Å². The predicted molar refractivity (Wildman–Crippen MR) is 77.2 cm³/mol. The molecule has 0 amide bonds. The van der Waals surface area contributed by atoms with E-state index in [1.807, 2.05) is 0 Å². The van der Waals surface area contributed by atoms with E-state index >= 15 is 0 Å². The third-order valence-corrected chi connectivity index (χ3v) is 4.58. The average Bonchev–Trinajstić information content (AvgIpc) is 2.85. The van der Waals surface area contributed by atoms with E-state index in [2.05, 4.69) is 0 Å². The molecule has 1 N–H and O–H groups in total. The molecule has 21 heavy (non-hydrogen) atoms. The fraction of sp³-hybridized carbons (Fsp3) is 0.0667. The molecular formula is C15H8ClF3OS. The number of aliphatic hydroxyl groups excluding tert-OH is 1. The van der Waals surface area contributed by atoms with E-state index in [1.54, 1.807) is 12.1 Å². The van der Waals surface area contributed by atoms with Crippen molar-refractivity contribution < 1.29 is 18.3 Å². The van der Waals surface area contributed by atoms with Crippen LogP contribution in [-0.4, -0.2) is 5.11 Å². The van der Waals surface area contributed by atoms with Crippen LogP contribution in [0.25, 0.3) is 10.1 Å². The zero-order chi connectivity index (χ0) is 15.1. The van der Waals surface area contributed by atoms with E-state index in [0.717, 1.165) is 17.5 Å². The molecule has 6 heteroatoms. The van der Waals surface area contributed by atoms with E-state index in [-0.39, 0.29) is 16.4 Å². The lowest BCUT2D eigenvalue weighted by Crippen LogP contribution is -2.00. The summed E-state index contributed by atoms with van der Waals surface area (Å²) in [4.78, 5) is 0.475. The van der Waals surface area contributed by atoms with Crippen LogP contribution < -0.4 is 0 Å². The van der Waals surface area contributed by atoms with Crippen LogP contribution in [0.15, 0.2) is 36.4 Å². The van der Waals surface area contributed by atoms with Gasteiger partial charge in [0.1, 0.15) is 11.9 Å². The number of aliphatic hydroxyl groups is 1. The lowest BCUT2D eigenvalue weighted by molar-refractivity contribution is 0.223. The fourth-order valence-electron chi connectivity index (χ4n) is 2.06. The highest BCUT2D eigenvalue weighted by atomic mass is 35.5. The van der Waals surface area contributed by atoms with Crippen molar-refractivity contribution in [2.45, 2.75) is 6.10 Å². The van der Waals surface area contributed by atoms with Crippen molar-refractivity contribution in [2.75, 3.05) is 0 Å². The second-order valence-electron chi connectivity index (χ2n) is 4.52. The molecule has 1 atom stereocenters. The van der Waals surface area contributed by atoms with Gasteiger partial charge in [-0.3, -0.25) is 0 Å². The molecule has 108 valence electrons. The summed E-state index contributed by atoms with van der Waals surface area (Å²) in [6.45, 7) is 0. The molecule has 0 bridgehead atoms. The molecule has 1 aromatic heterocycles. The Morgan fingerprint density at radius 2 is 1.71 bits per heavy atom. The van der Waals surface area contributed by atoms with Crippen LogP contribution in [0.5, 0.6) is 0 Å². The van der Waals surface area contributed by atoms with Crippen LogP contribution in [0, 0.1) is 17.5 Å². The number of fused-ring (bicyclic) bond motifs is 1. The van der Waals surface area contributed by atoms with Crippen molar-refractivity contribution in [3.63, 3.8) is 0 Å². The summed E-state index contributed by atoms with van der Waals surface area (Å²) in [5.74, 6) is -2.54. The van der Waals surface area contributed by atoms with E-state index in [4.69, 9.17) is 11.6 Å². The maximum Gasteiger partial charge on any atom is 0.160 e. The van der Waals surface area contributed by atoms with Gasteiger partial charge in [0.05, 0.1) is 0 Å². The summed E-state index contributed by atoms with van der Waals surface area (Å²) in [5, 5.41) is 11.0. The Kier molecular flexibility index (Phi) is 3.65. The van der Waals surface area contributed by atoms with Crippen LogP contribution >= 0.6 is 22.9 Å². The Labute approximate surface area is 127 Å². The number of rotatable bonds is 2. The molecule has 0 aliphatic heterocycles. The zero-order valence-electron chi connectivity index (χ0n) is 10.4. The van der Waals surface area contributed by atoms with Gasteiger partial charge < -0.3 is 5.11 Å². The number of hydrogen-bond acceptors (Lipinski definition) is 2. The molecule has 0 fully saturated rings. The molecule has 0 aliphatic rings. The van der Waals surface area contributed by atoms with Gasteiger partial charge in [0.2, 0.25) is 0 Å². The minimum atomic E-state index is -1.20. The topological polar surface area (TPSA) is 20.2 Å². The van der Waals surface area contributed by atoms with Crippen LogP contribution in [0.1, 0.15) is 16.5 Å². The van der Waals surface area contributed by atoms with Crippen LogP contribution in [0.4, 0.5) is 13.2 Å². The summed E-state index contributed by atoms with van der Waals surface area (Å²) in [7, 11) is 0. The maximum atomic E-state index is 13.3. The Bertz CT molecular complexity index is 831. The summed E-state index contributed by atoms with van der Waals surface area (Å²) in [6, 6.07) is 7.61. The van der Waals surface area contributed by atoms with Crippen molar-refractivity contribution in [1.82, 2.24) is 0 Å². The van der Waals surface area contributed by atoms with Gasteiger partial charge in [-0.15, -0.1) is 11.3 Å². The van der Waals surface area contributed by atoms with Crippen molar-refractivity contribution in [3.05, 3.63) is 69.3 Å². The van der Waals surface area contributed by atoms with Crippen LogP contribution in [-0.2, 0) is 0 Å². The number of halogens is 4. The zero-order valence-corrected chi connectivity index (χ0v) is 12.0. The third kappa shape index (κ3) is 2.64. The third-order valence-electron chi connectivity index (χ3n) is 3.10. The number of benzene rings is 2. The lowest BCUT2D eigenvalue weighted by atomic mass is 10.1. The average molecular weight is 329 g/mol. The highest BCUT2D eigenvalue weighted by Gasteiger charge is 2.19. The minimum Gasteiger partial charge on any atom is -0.383 e. The van der Waals surface area contributed by atoms with Crippen molar-refractivity contribution in [2.24, 2.45) is 0 Å². The van der Waals surface area contributed by atoms with Gasteiger partial charge in [-0.25, -0.2) is 13.2 Å². The molecule has 3 rings (SSSR count). The SMILES string of the molecule is OC(c1cc2ccc(F)cc2s1)c1cc(F)c(F)cc1Cl. The predicted octanol–water partition coefficient (Wildman–Crippen LogP) is 5.05. The first-order valence-electron chi connectivity index (χ1n) is 5.97. The molecule has 3 aromatic rings. The first-order chi connectivity index (χ1) is 9.95. The Morgan fingerprint density at radius 1 is 1.00 bits per heavy atom. The number of hydrogen-bond donors (Lipinski definition) is 1. The van der Waals surface area contributed by atoms with E-state index in [1.165, 1.54) is 23.5 Å². The molecule has 0 aliphatic carbocycles. The fourth-order valence-corrected chi connectivity index (χ4v) is 3.41. The molecule has 0 saturated heterocycles. The van der Waals surface area contributed by atoms with Crippen LogP contribution in [0.2, 0.25) is 5.02 Å². The molecule has 1 heterocycles. The standard InChI is InChI=1S/C15H8ClF3OS/c16-10-6-12(19)11(18)5-9(10)15(20)14-3-7-1-2-8(17)4-13(7)21-14/h1-6,15,20H. The number of thiophene rings is 1. The monoisotopic (exact) mass is 328 g/mol. The Hall–Kier alpha value is -1.56. The van der Waals surface area contributed by atoms with Gasteiger partial charge in [-0.1, -0.05) is 17.7 Å². The van der Waals surface area contributed by atoms with Gasteiger partial charge in [0.25, 0.3) is 0 Å². The first kappa shape index (κ1) is 14.4. The molecule has 1 unspecified atom stereocenters. The minimum absolute atomic E-state index is 0.0648. The Morgan fingerprint density at radius 3 is 2.48 bits per heavy atom. The van der Waals surface area contributed by atoms with E-state index in [9.17, 15) is 18.3 Å². The first-order valence-corrected chi connectivity index (χ1v) is 7.16. The highest BCUT2D eigenvalue weighted by Crippen LogP contribution is 2.36. The Balaban J connectivity index is 2.07. The van der Waals surface area contributed by atoms with Crippen LogP contribution in [0.3, 0.4) is 0 Å². The smallest absolute Gasteiger partial charge is 0.160 e. The maximum absolute atomic E-state index is 13.3. The van der Waals surface area contributed by atoms with Gasteiger partial charge in [-0.2, -0.15) is 0 Å². The summed E-state index contributed by atoms with van der Waals surface area (Å²) in [6.07, 6.45) is -1.20. The molecule has 0 radical (unpaired) electrons. The summed E-state index contributed by atoms with van der Waals surface area (Å²) >= 11 is 7.02. The molecule has 0 spiro atoms. The van der Waals surface area contributed by atoms with Gasteiger partial charge in [0.15, 0.2) is 11.6 Å². The van der Waals surface area contributed by atoms with E-state index in [0.29, 0.717) is 9.58 Å².